The minimum Gasteiger partial charge on any atom is -0.381 e. The molecule has 0 bridgehead atoms. The third kappa shape index (κ3) is 13.2. The SMILES string of the molecule is CCCCCCCCCCCCOCCC(O)(N=O)OCC. The van der Waals surface area contributed by atoms with Crippen molar-refractivity contribution in [3.05, 3.63) is 4.91 Å². The number of unbranched alkanes of at least 4 members (excludes halogenated alkanes) is 9. The summed E-state index contributed by atoms with van der Waals surface area (Å²) in [6.45, 7) is 5.16. The molecule has 0 saturated heterocycles. The van der Waals surface area contributed by atoms with E-state index in [1.54, 1.807) is 6.92 Å². The van der Waals surface area contributed by atoms with E-state index in [0.717, 1.165) is 6.42 Å². The van der Waals surface area contributed by atoms with E-state index < -0.39 is 5.91 Å². The van der Waals surface area contributed by atoms with E-state index in [2.05, 4.69) is 12.1 Å². The second kappa shape index (κ2) is 15.4. The summed E-state index contributed by atoms with van der Waals surface area (Å²) in [4.78, 5) is 10.5. The first-order valence-corrected chi connectivity index (χ1v) is 8.97. The zero-order valence-electron chi connectivity index (χ0n) is 14.5. The van der Waals surface area contributed by atoms with Gasteiger partial charge in [-0.25, -0.2) is 0 Å². The molecular weight excluding hydrogens is 282 g/mol. The van der Waals surface area contributed by atoms with Crippen LogP contribution in [0.3, 0.4) is 0 Å². The Morgan fingerprint density at radius 1 is 0.864 bits per heavy atom. The molecule has 0 fully saturated rings. The van der Waals surface area contributed by atoms with Crippen LogP contribution in [0.4, 0.5) is 0 Å². The Bertz CT molecular complexity index is 251. The van der Waals surface area contributed by atoms with Crippen molar-refractivity contribution in [3.63, 3.8) is 0 Å². The number of hydrogen-bond donors (Lipinski definition) is 1. The Labute approximate surface area is 135 Å². The molecule has 0 rings (SSSR count). The maximum absolute atomic E-state index is 10.5. The topological polar surface area (TPSA) is 68.1 Å². The zero-order valence-corrected chi connectivity index (χ0v) is 14.5. The third-order valence-corrected chi connectivity index (χ3v) is 3.73. The van der Waals surface area contributed by atoms with E-state index in [4.69, 9.17) is 9.47 Å². The molecule has 0 aromatic rings. The van der Waals surface area contributed by atoms with Crippen LogP contribution < -0.4 is 0 Å². The Hall–Kier alpha value is -0.520. The van der Waals surface area contributed by atoms with Crippen molar-refractivity contribution in [2.24, 2.45) is 5.18 Å². The van der Waals surface area contributed by atoms with E-state index in [-0.39, 0.29) is 13.0 Å². The minimum atomic E-state index is -1.92. The predicted molar refractivity (Wildman–Crippen MR) is 89.7 cm³/mol. The van der Waals surface area contributed by atoms with Crippen molar-refractivity contribution in [1.82, 2.24) is 0 Å². The lowest BCUT2D eigenvalue weighted by Gasteiger charge is -2.19. The van der Waals surface area contributed by atoms with Crippen LogP contribution in [0.2, 0.25) is 0 Å². The summed E-state index contributed by atoms with van der Waals surface area (Å²) in [6.07, 6.45) is 13.0. The Balaban J connectivity index is 3.25. The van der Waals surface area contributed by atoms with Gasteiger partial charge in [0.2, 0.25) is 0 Å². The lowest BCUT2D eigenvalue weighted by molar-refractivity contribution is -0.205. The fourth-order valence-electron chi connectivity index (χ4n) is 2.37. The van der Waals surface area contributed by atoms with Gasteiger partial charge in [0, 0.05) is 13.2 Å². The van der Waals surface area contributed by atoms with E-state index in [9.17, 15) is 10.0 Å². The highest BCUT2D eigenvalue weighted by Crippen LogP contribution is 2.14. The number of hydrogen-bond acceptors (Lipinski definition) is 5. The smallest absolute Gasteiger partial charge is 0.307 e. The molecule has 22 heavy (non-hydrogen) atoms. The summed E-state index contributed by atoms with van der Waals surface area (Å²) in [5, 5.41) is 12.2. The van der Waals surface area contributed by atoms with E-state index >= 15 is 0 Å². The predicted octanol–water partition coefficient (Wildman–Crippen LogP) is 4.76. The van der Waals surface area contributed by atoms with Crippen LogP contribution in [-0.4, -0.2) is 30.8 Å². The van der Waals surface area contributed by atoms with Crippen LogP contribution in [0, 0.1) is 4.91 Å². The highest BCUT2D eigenvalue weighted by molar-refractivity contribution is 4.62. The van der Waals surface area contributed by atoms with Crippen LogP contribution in [0.1, 0.15) is 84.5 Å². The van der Waals surface area contributed by atoms with Crippen molar-refractivity contribution in [2.75, 3.05) is 19.8 Å². The van der Waals surface area contributed by atoms with Crippen LogP contribution >= 0.6 is 0 Å². The fourth-order valence-corrected chi connectivity index (χ4v) is 2.37. The van der Waals surface area contributed by atoms with Crippen LogP contribution in [0.25, 0.3) is 0 Å². The largest absolute Gasteiger partial charge is 0.381 e. The average molecular weight is 317 g/mol. The molecule has 0 aliphatic carbocycles. The molecule has 5 nitrogen and oxygen atoms in total. The molecule has 1 unspecified atom stereocenters. The molecule has 0 aliphatic heterocycles. The molecule has 1 atom stereocenters. The molecule has 0 radical (unpaired) electrons. The van der Waals surface area contributed by atoms with Crippen LogP contribution in [0.5, 0.6) is 0 Å². The second-order valence-corrected chi connectivity index (χ2v) is 5.81. The van der Waals surface area contributed by atoms with Crippen molar-refractivity contribution in [2.45, 2.75) is 90.4 Å². The molecule has 0 aromatic heterocycles. The van der Waals surface area contributed by atoms with Crippen molar-refractivity contribution >= 4 is 0 Å². The first kappa shape index (κ1) is 21.5. The van der Waals surface area contributed by atoms with Crippen LogP contribution in [-0.2, 0) is 9.47 Å². The standard InChI is InChI=1S/C17H35NO4/c1-3-5-6-7-8-9-10-11-12-13-15-21-16-14-17(19,18-20)22-4-2/h19H,3-16H2,1-2H3. The molecule has 0 saturated carbocycles. The summed E-state index contributed by atoms with van der Waals surface area (Å²) in [5.41, 5.74) is 0. The molecule has 0 amide bonds. The van der Waals surface area contributed by atoms with Gasteiger partial charge in [-0.3, -0.25) is 0 Å². The quantitative estimate of drug-likeness (QED) is 0.238. The minimum absolute atomic E-state index is 0.0854. The monoisotopic (exact) mass is 317 g/mol. The first-order valence-electron chi connectivity index (χ1n) is 8.97. The molecule has 0 heterocycles. The Kier molecular flexibility index (Phi) is 15.0. The van der Waals surface area contributed by atoms with Crippen molar-refractivity contribution in [1.29, 1.82) is 0 Å². The van der Waals surface area contributed by atoms with Gasteiger partial charge in [-0.15, -0.1) is 4.91 Å². The lowest BCUT2D eigenvalue weighted by atomic mass is 10.1. The van der Waals surface area contributed by atoms with Gasteiger partial charge >= 0.3 is 5.91 Å². The molecule has 5 heteroatoms. The van der Waals surface area contributed by atoms with Gasteiger partial charge in [0.25, 0.3) is 0 Å². The van der Waals surface area contributed by atoms with Crippen LogP contribution in [0.15, 0.2) is 5.18 Å². The normalized spacial score (nSPS) is 14.0. The number of ether oxygens (including phenoxy) is 2. The second-order valence-electron chi connectivity index (χ2n) is 5.81. The van der Waals surface area contributed by atoms with Crippen molar-refractivity contribution < 1.29 is 14.6 Å². The summed E-state index contributed by atoms with van der Waals surface area (Å²) in [7, 11) is 0. The van der Waals surface area contributed by atoms with Gasteiger partial charge in [0.05, 0.1) is 13.0 Å². The number of nitrogens with zero attached hydrogens (tertiary/aromatic N) is 1. The highest BCUT2D eigenvalue weighted by atomic mass is 16.7. The molecule has 0 aromatic carbocycles. The van der Waals surface area contributed by atoms with Gasteiger partial charge in [-0.2, -0.15) is 0 Å². The average Bonchev–Trinajstić information content (AvgIpc) is 2.52. The Morgan fingerprint density at radius 3 is 1.91 bits per heavy atom. The Morgan fingerprint density at radius 2 is 1.41 bits per heavy atom. The molecular formula is C17H35NO4. The van der Waals surface area contributed by atoms with E-state index in [0.29, 0.717) is 13.2 Å². The van der Waals surface area contributed by atoms with Gasteiger partial charge < -0.3 is 14.6 Å². The summed E-state index contributed by atoms with van der Waals surface area (Å²) >= 11 is 0. The maximum Gasteiger partial charge on any atom is 0.307 e. The number of nitroso groups, excluding NO2 is 1. The molecule has 0 aliphatic rings. The molecule has 0 spiro atoms. The van der Waals surface area contributed by atoms with Gasteiger partial charge in [-0.1, -0.05) is 64.7 Å². The highest BCUT2D eigenvalue weighted by Gasteiger charge is 2.28. The van der Waals surface area contributed by atoms with E-state index in [1.165, 1.54) is 57.8 Å². The molecule has 132 valence electrons. The lowest BCUT2D eigenvalue weighted by Crippen LogP contribution is -2.31. The summed E-state index contributed by atoms with van der Waals surface area (Å²) < 4.78 is 10.3. The molecule has 1 N–H and O–H groups in total. The summed E-state index contributed by atoms with van der Waals surface area (Å²) in [6, 6.07) is 0. The number of rotatable bonds is 17. The van der Waals surface area contributed by atoms with Gasteiger partial charge in [-0.05, 0) is 18.5 Å². The summed E-state index contributed by atoms with van der Waals surface area (Å²) in [5.74, 6) is -1.92. The van der Waals surface area contributed by atoms with E-state index in [1.807, 2.05) is 0 Å². The van der Waals surface area contributed by atoms with Gasteiger partial charge in [0.15, 0.2) is 0 Å². The zero-order chi connectivity index (χ0) is 16.5. The maximum atomic E-state index is 10.5. The van der Waals surface area contributed by atoms with Crippen molar-refractivity contribution in [3.8, 4) is 0 Å². The third-order valence-electron chi connectivity index (χ3n) is 3.73. The fraction of sp³-hybridized carbons (Fsp3) is 1.00. The first-order chi connectivity index (χ1) is 10.7. The van der Waals surface area contributed by atoms with Gasteiger partial charge in [0.1, 0.15) is 0 Å². The number of aliphatic hydroxyl groups is 1.